The minimum Gasteiger partial charge on any atom is -0.256 e. The lowest BCUT2D eigenvalue weighted by molar-refractivity contribution is 0.598. The van der Waals surface area contributed by atoms with Gasteiger partial charge in [0.1, 0.15) is 0 Å². The third-order valence-corrected chi connectivity index (χ3v) is 0.474. The fourth-order valence-electron chi connectivity index (χ4n) is 0. The van der Waals surface area contributed by atoms with E-state index in [4.69, 9.17) is 4.57 Å². The third-order valence-electron chi connectivity index (χ3n) is 0.0527. The molecule has 1 N–H and O–H groups in total. The Morgan fingerprint density at radius 1 is 2.00 bits per heavy atom. The Morgan fingerprint density at radius 3 is 2.25 bits per heavy atom. The molecule has 0 spiro atoms. The first-order valence-electron chi connectivity index (χ1n) is 0.695. The van der Waals surface area contributed by atoms with Crippen molar-refractivity contribution < 1.29 is 4.57 Å². The van der Waals surface area contributed by atoms with Gasteiger partial charge in [0, 0.05) is 0 Å². The average Bonchev–Trinajstić information content (AvgIpc) is 1.37. The molecule has 0 saturated heterocycles. The molecule has 0 aliphatic rings. The van der Waals surface area contributed by atoms with Crippen LogP contribution in [0.25, 0.3) is 0 Å². The number of hydrogen-bond acceptors (Lipinski definition) is 1. The molecule has 0 saturated carbocycles. The summed E-state index contributed by atoms with van der Waals surface area (Å²) in [7, 11) is 2.04. The highest BCUT2D eigenvalue weighted by Crippen LogP contribution is 1.81. The first-order valence-corrected chi connectivity index (χ1v) is 2.08. The Bertz CT molecular complexity index is 20.0. The Hall–Kier alpha value is 0.490. The highest BCUT2D eigenvalue weighted by atomic mass is 31.1. The highest BCUT2D eigenvalue weighted by Gasteiger charge is 1.48. The van der Waals surface area contributed by atoms with Crippen molar-refractivity contribution in [2.75, 3.05) is 0 Å². The van der Waals surface area contributed by atoms with Crippen molar-refractivity contribution in [1.29, 1.82) is 0 Å². The highest BCUT2D eigenvalue weighted by molar-refractivity contribution is 7.35. The standard InChI is InChI=1S/H3NOP2/c2-4-1-3/h3H2,(H,1,2). The molecule has 0 aromatic carbocycles. The van der Waals surface area contributed by atoms with Gasteiger partial charge in [-0.25, -0.2) is 4.86 Å². The molecule has 4 heteroatoms. The van der Waals surface area contributed by atoms with Gasteiger partial charge in [-0.3, -0.25) is 4.57 Å². The topological polar surface area (TPSA) is 29.1 Å². The van der Waals surface area contributed by atoms with E-state index in [1.807, 2.05) is 0 Å². The molecule has 0 fully saturated rings. The van der Waals surface area contributed by atoms with Crippen molar-refractivity contribution in [2.24, 2.45) is 0 Å². The SMILES string of the molecule is O=PNP. The Labute approximate surface area is 28.5 Å². The van der Waals surface area contributed by atoms with Gasteiger partial charge in [-0.1, -0.05) is 9.39 Å². The Balaban J connectivity index is 2.30. The van der Waals surface area contributed by atoms with Crippen molar-refractivity contribution in [1.82, 2.24) is 4.86 Å². The van der Waals surface area contributed by atoms with Gasteiger partial charge >= 0.3 is 0 Å². The van der Waals surface area contributed by atoms with Crippen molar-refractivity contribution in [3.05, 3.63) is 0 Å². The molecule has 0 rings (SSSR count). The maximum atomic E-state index is 9.14. The molecule has 2 nitrogen and oxygen atoms in total. The molecular weight excluding hydrogens is 92.0 g/mol. The van der Waals surface area contributed by atoms with Crippen LogP contribution in [0.4, 0.5) is 0 Å². The van der Waals surface area contributed by atoms with Crippen LogP contribution >= 0.6 is 18.0 Å². The van der Waals surface area contributed by atoms with E-state index in [1.54, 1.807) is 0 Å². The fraction of sp³-hybridized carbons (Fsp3) is 0. The molecule has 0 amide bonds. The van der Waals surface area contributed by atoms with Crippen LogP contribution in [-0.2, 0) is 4.57 Å². The van der Waals surface area contributed by atoms with Crippen LogP contribution in [0.15, 0.2) is 0 Å². The first kappa shape index (κ1) is 4.49. The fourth-order valence-corrected chi connectivity index (χ4v) is 0. The second-order valence-corrected chi connectivity index (χ2v) is 1.44. The van der Waals surface area contributed by atoms with E-state index >= 15 is 0 Å². The summed E-state index contributed by atoms with van der Waals surface area (Å²) >= 11 is 0. The molecule has 1 unspecified atom stereocenters. The largest absolute Gasteiger partial charge is 0.256 e. The van der Waals surface area contributed by atoms with Crippen LogP contribution in [0.2, 0.25) is 0 Å². The van der Waals surface area contributed by atoms with Crippen LogP contribution in [0.1, 0.15) is 0 Å². The molecule has 4 heavy (non-hydrogen) atoms. The van der Waals surface area contributed by atoms with E-state index < -0.39 is 0 Å². The summed E-state index contributed by atoms with van der Waals surface area (Å²) in [5.41, 5.74) is 0. The summed E-state index contributed by atoms with van der Waals surface area (Å²) in [6.07, 6.45) is 0. The van der Waals surface area contributed by atoms with E-state index in [0.717, 1.165) is 0 Å². The first-order chi connectivity index (χ1) is 1.91. The zero-order valence-electron chi connectivity index (χ0n) is 1.93. The maximum Gasteiger partial charge on any atom is 0.249 e. The van der Waals surface area contributed by atoms with Crippen molar-refractivity contribution in [3.63, 3.8) is 0 Å². The van der Waals surface area contributed by atoms with E-state index in [-0.39, 0.29) is 8.61 Å². The zero-order valence-corrected chi connectivity index (χ0v) is 3.98. The molecule has 0 aromatic rings. The number of rotatable bonds is 1. The van der Waals surface area contributed by atoms with Crippen LogP contribution in [0.5, 0.6) is 0 Å². The quantitative estimate of drug-likeness (QED) is 0.482. The van der Waals surface area contributed by atoms with Crippen molar-refractivity contribution >= 4 is 18.0 Å². The number of hydrogen-bond donors (Lipinski definition) is 1. The minimum absolute atomic E-state index is 0.0386. The predicted molar refractivity (Wildman–Crippen MR) is 20.5 cm³/mol. The van der Waals surface area contributed by atoms with Crippen LogP contribution in [0, 0.1) is 0 Å². The molecule has 0 aliphatic carbocycles. The molecule has 0 heterocycles. The monoisotopic (exact) mass is 95.0 g/mol. The Morgan fingerprint density at radius 2 is 2.25 bits per heavy atom. The van der Waals surface area contributed by atoms with Crippen molar-refractivity contribution in [2.45, 2.75) is 0 Å². The lowest BCUT2D eigenvalue weighted by Crippen LogP contribution is -1.59. The van der Waals surface area contributed by atoms with Gasteiger partial charge < -0.3 is 0 Å². The molecule has 1 atom stereocenters. The molecule has 0 aliphatic heterocycles. The average molecular weight is 95.0 g/mol. The summed E-state index contributed by atoms with van der Waals surface area (Å²) in [4.78, 5) is 2.26. The predicted octanol–water partition coefficient (Wildman–Crippen LogP) is 0.573. The minimum atomic E-state index is -0.0386. The van der Waals surface area contributed by atoms with Crippen LogP contribution in [0.3, 0.4) is 0 Å². The third kappa shape index (κ3) is 2.49. The van der Waals surface area contributed by atoms with Crippen molar-refractivity contribution in [3.8, 4) is 0 Å². The maximum absolute atomic E-state index is 9.14. The van der Waals surface area contributed by atoms with Crippen LogP contribution < -0.4 is 4.86 Å². The van der Waals surface area contributed by atoms with E-state index in [0.29, 0.717) is 0 Å². The van der Waals surface area contributed by atoms with E-state index in [2.05, 4.69) is 14.2 Å². The Kier molecular flexibility index (Phi) is 3.92. The normalized spacial score (nSPS) is 8.25. The summed E-state index contributed by atoms with van der Waals surface area (Å²) in [5, 5.41) is 0. The van der Waals surface area contributed by atoms with Gasteiger partial charge in [-0.15, -0.1) is 0 Å². The molecular formula is H3NOP2. The van der Waals surface area contributed by atoms with Gasteiger partial charge in [0.05, 0.1) is 0 Å². The zero-order chi connectivity index (χ0) is 3.41. The van der Waals surface area contributed by atoms with Gasteiger partial charge in [0.2, 0.25) is 8.61 Å². The van der Waals surface area contributed by atoms with E-state index in [9.17, 15) is 0 Å². The smallest absolute Gasteiger partial charge is 0.249 e. The van der Waals surface area contributed by atoms with Crippen LogP contribution in [-0.4, -0.2) is 0 Å². The molecule has 0 radical (unpaired) electrons. The van der Waals surface area contributed by atoms with Gasteiger partial charge in [0.15, 0.2) is 0 Å². The van der Waals surface area contributed by atoms with E-state index in [1.165, 1.54) is 0 Å². The lowest BCUT2D eigenvalue weighted by atomic mass is 13.9. The summed E-state index contributed by atoms with van der Waals surface area (Å²) < 4.78 is 9.14. The summed E-state index contributed by atoms with van der Waals surface area (Å²) in [6, 6.07) is 0. The van der Waals surface area contributed by atoms with Gasteiger partial charge in [0.25, 0.3) is 0 Å². The molecule has 24 valence electrons. The second kappa shape index (κ2) is 3.49. The second-order valence-electron chi connectivity index (χ2n) is 0.220. The van der Waals surface area contributed by atoms with Gasteiger partial charge in [-0.05, 0) is 0 Å². The van der Waals surface area contributed by atoms with Gasteiger partial charge in [-0.2, -0.15) is 0 Å². The number of nitrogens with one attached hydrogen (secondary N) is 1. The molecule has 0 bridgehead atoms. The summed E-state index contributed by atoms with van der Waals surface area (Å²) in [5.74, 6) is 0. The summed E-state index contributed by atoms with van der Waals surface area (Å²) in [6.45, 7) is 0. The lowest BCUT2D eigenvalue weighted by Gasteiger charge is -1.57. The molecule has 0 aromatic heterocycles.